The van der Waals surface area contributed by atoms with Gasteiger partial charge in [0.2, 0.25) is 0 Å². The first-order valence-corrected chi connectivity index (χ1v) is 6.21. The molecule has 0 amide bonds. The first kappa shape index (κ1) is 14.3. The first-order valence-electron chi connectivity index (χ1n) is 5.41. The van der Waals surface area contributed by atoms with Crippen LogP contribution in [0, 0.1) is 0 Å². The first-order chi connectivity index (χ1) is 7.83. The zero-order chi connectivity index (χ0) is 13.1. The van der Waals surface area contributed by atoms with E-state index in [1.807, 2.05) is 20.8 Å². The summed E-state index contributed by atoms with van der Waals surface area (Å²) < 4.78 is 13.0. The molecule has 0 spiro atoms. The molecule has 0 saturated heterocycles. The molecule has 1 aromatic rings. The molecule has 4 nitrogen and oxygen atoms in total. The molecule has 0 aromatic carbocycles. The van der Waals surface area contributed by atoms with Crippen LogP contribution in [-0.2, 0) is 11.3 Å². The van der Waals surface area contributed by atoms with Crippen molar-refractivity contribution in [2.24, 2.45) is 0 Å². The molecule has 96 valence electrons. The molecule has 5 heteroatoms. The molecule has 17 heavy (non-hydrogen) atoms. The lowest BCUT2D eigenvalue weighted by atomic mass is 10.2. The number of aromatic nitrogens is 1. The highest BCUT2D eigenvalue weighted by Crippen LogP contribution is 2.21. The monoisotopic (exact) mass is 303 g/mol. The second-order valence-corrected chi connectivity index (χ2v) is 5.54. The molecule has 0 aliphatic heterocycles. The predicted molar refractivity (Wildman–Crippen MR) is 70.7 cm³/mol. The molecule has 0 unspecified atom stereocenters. The molecule has 0 aliphatic carbocycles. The van der Waals surface area contributed by atoms with Gasteiger partial charge < -0.3 is 14.0 Å². The van der Waals surface area contributed by atoms with E-state index in [1.54, 1.807) is 10.8 Å². The van der Waals surface area contributed by atoms with Gasteiger partial charge in [-0.3, -0.25) is 4.79 Å². The van der Waals surface area contributed by atoms with E-state index in [0.29, 0.717) is 18.9 Å². The lowest BCUT2D eigenvalue weighted by molar-refractivity contribution is -0.00716. The Morgan fingerprint density at radius 2 is 2.06 bits per heavy atom. The smallest absolute Gasteiger partial charge is 0.254 e. The van der Waals surface area contributed by atoms with Gasteiger partial charge in [-0.1, -0.05) is 0 Å². The largest absolute Gasteiger partial charge is 0.495 e. The van der Waals surface area contributed by atoms with Crippen molar-refractivity contribution >= 4 is 15.9 Å². The molecule has 0 radical (unpaired) electrons. The third-order valence-corrected chi connectivity index (χ3v) is 2.72. The van der Waals surface area contributed by atoms with Crippen LogP contribution >= 0.6 is 15.9 Å². The molecule has 0 saturated carbocycles. The minimum atomic E-state index is -0.187. The highest BCUT2D eigenvalue weighted by Gasteiger charge is 2.10. The molecule has 0 aliphatic rings. The SMILES string of the molecule is COc1cc(=O)n(CCOC(C)(C)C)cc1Br. The van der Waals surface area contributed by atoms with Gasteiger partial charge in [0.1, 0.15) is 5.75 Å². The van der Waals surface area contributed by atoms with Crippen molar-refractivity contribution in [3.8, 4) is 5.75 Å². The van der Waals surface area contributed by atoms with Gasteiger partial charge in [0, 0.05) is 18.8 Å². The van der Waals surface area contributed by atoms with E-state index >= 15 is 0 Å². The fraction of sp³-hybridized carbons (Fsp3) is 0.583. The van der Waals surface area contributed by atoms with Crippen molar-refractivity contribution in [3.63, 3.8) is 0 Å². The molecule has 0 N–H and O–H groups in total. The second kappa shape index (κ2) is 5.69. The summed E-state index contributed by atoms with van der Waals surface area (Å²) >= 11 is 3.35. The normalized spacial score (nSPS) is 11.6. The average Bonchev–Trinajstić information content (AvgIpc) is 2.20. The summed E-state index contributed by atoms with van der Waals surface area (Å²) in [5.74, 6) is 0.544. The van der Waals surface area contributed by atoms with Crippen LogP contribution in [0.2, 0.25) is 0 Å². The van der Waals surface area contributed by atoms with Crippen molar-refractivity contribution in [3.05, 3.63) is 27.1 Å². The fourth-order valence-corrected chi connectivity index (χ4v) is 1.83. The lowest BCUT2D eigenvalue weighted by Crippen LogP contribution is -2.26. The summed E-state index contributed by atoms with van der Waals surface area (Å²) in [6, 6.07) is 1.46. The van der Waals surface area contributed by atoms with E-state index in [9.17, 15) is 4.79 Å². The van der Waals surface area contributed by atoms with Gasteiger partial charge >= 0.3 is 0 Å². The molecule has 0 fully saturated rings. The van der Waals surface area contributed by atoms with Gasteiger partial charge in [-0.05, 0) is 36.7 Å². The van der Waals surface area contributed by atoms with Crippen LogP contribution in [0.4, 0.5) is 0 Å². The van der Waals surface area contributed by atoms with E-state index < -0.39 is 0 Å². The molecule has 1 heterocycles. The summed E-state index contributed by atoms with van der Waals surface area (Å²) in [7, 11) is 1.53. The predicted octanol–water partition coefficient (Wildman–Crippen LogP) is 2.43. The van der Waals surface area contributed by atoms with Gasteiger partial charge in [-0.2, -0.15) is 0 Å². The van der Waals surface area contributed by atoms with E-state index in [0.717, 1.165) is 4.47 Å². The molecule has 0 bridgehead atoms. The summed E-state index contributed by atoms with van der Waals surface area (Å²) in [6.45, 7) is 6.99. The number of hydrogen-bond acceptors (Lipinski definition) is 3. The van der Waals surface area contributed by atoms with Gasteiger partial charge in [-0.15, -0.1) is 0 Å². The van der Waals surface area contributed by atoms with Crippen molar-refractivity contribution in [2.45, 2.75) is 32.9 Å². The third-order valence-electron chi connectivity index (χ3n) is 2.13. The minimum Gasteiger partial charge on any atom is -0.495 e. The Bertz CT molecular complexity index is 434. The molecular formula is C12H18BrNO3. The lowest BCUT2D eigenvalue weighted by Gasteiger charge is -2.19. The quantitative estimate of drug-likeness (QED) is 0.858. The maximum atomic E-state index is 11.7. The van der Waals surface area contributed by atoms with E-state index in [-0.39, 0.29) is 11.2 Å². The van der Waals surface area contributed by atoms with E-state index in [2.05, 4.69) is 15.9 Å². The van der Waals surface area contributed by atoms with Gasteiger partial charge in [0.25, 0.3) is 5.56 Å². The Morgan fingerprint density at radius 1 is 1.41 bits per heavy atom. The fourth-order valence-electron chi connectivity index (χ4n) is 1.31. The topological polar surface area (TPSA) is 40.5 Å². The maximum absolute atomic E-state index is 11.7. The number of rotatable bonds is 4. The van der Waals surface area contributed by atoms with Gasteiger partial charge in [0.15, 0.2) is 0 Å². The number of pyridine rings is 1. The van der Waals surface area contributed by atoms with Gasteiger partial charge in [-0.25, -0.2) is 0 Å². The number of nitrogens with zero attached hydrogens (tertiary/aromatic N) is 1. The van der Waals surface area contributed by atoms with Crippen molar-refractivity contribution in [1.82, 2.24) is 4.57 Å². The highest BCUT2D eigenvalue weighted by molar-refractivity contribution is 9.10. The summed E-state index contributed by atoms with van der Waals surface area (Å²) in [6.07, 6.45) is 1.72. The van der Waals surface area contributed by atoms with Crippen molar-refractivity contribution < 1.29 is 9.47 Å². The summed E-state index contributed by atoms with van der Waals surface area (Å²) in [5.41, 5.74) is -0.282. The number of ether oxygens (including phenoxy) is 2. The standard InChI is InChI=1S/C12H18BrNO3/c1-12(2,3)17-6-5-14-8-9(13)10(16-4)7-11(14)15/h7-8H,5-6H2,1-4H3. The number of hydrogen-bond donors (Lipinski definition) is 0. The Kier molecular flexibility index (Phi) is 4.77. The van der Waals surface area contributed by atoms with E-state index in [1.165, 1.54) is 13.2 Å². The Balaban J connectivity index is 2.73. The van der Waals surface area contributed by atoms with Crippen LogP contribution in [0.15, 0.2) is 21.5 Å². The summed E-state index contributed by atoms with van der Waals surface area (Å²) in [5, 5.41) is 0. The number of methoxy groups -OCH3 is 1. The van der Waals surface area contributed by atoms with Crippen LogP contribution in [-0.4, -0.2) is 23.9 Å². The van der Waals surface area contributed by atoms with Gasteiger partial charge in [0.05, 0.1) is 23.8 Å². The molecule has 1 rings (SSSR count). The number of halogens is 1. The van der Waals surface area contributed by atoms with Crippen LogP contribution < -0.4 is 10.3 Å². The minimum absolute atomic E-state index is 0.0949. The Morgan fingerprint density at radius 3 is 2.59 bits per heavy atom. The third kappa shape index (κ3) is 4.52. The van der Waals surface area contributed by atoms with E-state index in [4.69, 9.17) is 9.47 Å². The highest BCUT2D eigenvalue weighted by atomic mass is 79.9. The van der Waals surface area contributed by atoms with Crippen molar-refractivity contribution in [1.29, 1.82) is 0 Å². The Labute approximate surface area is 110 Å². The molecule has 0 atom stereocenters. The zero-order valence-electron chi connectivity index (χ0n) is 10.6. The van der Waals surface area contributed by atoms with Crippen LogP contribution in [0.3, 0.4) is 0 Å². The molecule has 1 aromatic heterocycles. The second-order valence-electron chi connectivity index (χ2n) is 4.68. The van der Waals surface area contributed by atoms with Crippen molar-refractivity contribution in [2.75, 3.05) is 13.7 Å². The Hall–Kier alpha value is -0.810. The maximum Gasteiger partial charge on any atom is 0.254 e. The van der Waals surface area contributed by atoms with Crippen LogP contribution in [0.25, 0.3) is 0 Å². The zero-order valence-corrected chi connectivity index (χ0v) is 12.2. The van der Waals surface area contributed by atoms with Crippen LogP contribution in [0.5, 0.6) is 5.75 Å². The van der Waals surface area contributed by atoms with Crippen LogP contribution in [0.1, 0.15) is 20.8 Å². The molecular weight excluding hydrogens is 286 g/mol. The average molecular weight is 304 g/mol. The summed E-state index contributed by atoms with van der Waals surface area (Å²) in [4.78, 5) is 11.7.